The molecule has 0 radical (unpaired) electrons. The number of pyridine rings is 1. The van der Waals surface area contributed by atoms with Gasteiger partial charge in [-0.15, -0.1) is 0 Å². The fourth-order valence-electron chi connectivity index (χ4n) is 1.06. The highest BCUT2D eigenvalue weighted by molar-refractivity contribution is 8.23. The second kappa shape index (κ2) is 4.88. The molecular formula is C10H14N2O2S2. The number of rotatable bonds is 1. The van der Waals surface area contributed by atoms with E-state index in [1.807, 2.05) is 0 Å². The zero-order chi connectivity index (χ0) is 12.5. The van der Waals surface area contributed by atoms with Crippen LogP contribution in [0.5, 0.6) is 5.75 Å². The van der Waals surface area contributed by atoms with Crippen LogP contribution in [0.4, 0.5) is 0 Å². The second-order valence-corrected chi connectivity index (χ2v) is 5.27. The monoisotopic (exact) mass is 258 g/mol. The van der Waals surface area contributed by atoms with E-state index in [1.54, 1.807) is 39.0 Å². The van der Waals surface area contributed by atoms with Gasteiger partial charge in [-0.25, -0.2) is 0 Å². The van der Waals surface area contributed by atoms with Crippen molar-refractivity contribution in [2.75, 3.05) is 14.1 Å². The van der Waals surface area contributed by atoms with Gasteiger partial charge in [-0.05, 0) is 6.92 Å². The van der Waals surface area contributed by atoms with E-state index in [0.717, 1.165) is 11.8 Å². The predicted molar refractivity (Wildman–Crippen MR) is 70.2 cm³/mol. The zero-order valence-corrected chi connectivity index (χ0v) is 11.3. The molecule has 0 saturated carbocycles. The molecule has 0 fully saturated rings. The van der Waals surface area contributed by atoms with Gasteiger partial charge in [0, 0.05) is 32.9 Å². The van der Waals surface area contributed by atoms with Gasteiger partial charge < -0.3 is 14.6 Å². The molecule has 6 heteroatoms. The summed E-state index contributed by atoms with van der Waals surface area (Å²) in [6, 6.07) is 1.56. The van der Waals surface area contributed by atoms with Crippen LogP contribution in [0.2, 0.25) is 0 Å². The maximum atomic E-state index is 11.9. The van der Waals surface area contributed by atoms with E-state index in [0.29, 0.717) is 10.0 Å². The lowest BCUT2D eigenvalue weighted by molar-refractivity contribution is 0.456. The molecule has 0 aliphatic heterocycles. The molecule has 4 nitrogen and oxygen atoms in total. The van der Waals surface area contributed by atoms with E-state index in [9.17, 15) is 9.90 Å². The van der Waals surface area contributed by atoms with Gasteiger partial charge in [0.15, 0.2) is 0 Å². The van der Waals surface area contributed by atoms with Gasteiger partial charge in [-0.2, -0.15) is 0 Å². The molecule has 0 atom stereocenters. The summed E-state index contributed by atoms with van der Waals surface area (Å²) in [7, 11) is 5.26. The van der Waals surface area contributed by atoms with Crippen molar-refractivity contribution >= 4 is 28.3 Å². The van der Waals surface area contributed by atoms with E-state index in [-0.39, 0.29) is 16.2 Å². The first-order valence-corrected chi connectivity index (χ1v) is 5.85. The normalized spacial score (nSPS) is 10.2. The van der Waals surface area contributed by atoms with Crippen molar-refractivity contribution < 1.29 is 5.11 Å². The minimum Gasteiger partial charge on any atom is -0.506 e. The lowest BCUT2D eigenvalue weighted by atomic mass is 10.3. The standard InChI is InChI=1S/C10H14N2O2S2/c1-6-5-7(13)8(9(14)12(6)4)16-10(15)11(2)3/h5,13H,1-4H3. The summed E-state index contributed by atoms with van der Waals surface area (Å²) < 4.78 is 2.02. The fraction of sp³-hybridized carbons (Fsp3) is 0.400. The molecule has 1 N–H and O–H groups in total. The molecule has 16 heavy (non-hydrogen) atoms. The SMILES string of the molecule is Cc1cc(O)c(SC(=S)N(C)C)c(=O)n1C. The third-order valence-corrected chi connectivity index (χ3v) is 3.90. The largest absolute Gasteiger partial charge is 0.506 e. The van der Waals surface area contributed by atoms with E-state index < -0.39 is 0 Å². The average molecular weight is 258 g/mol. The Hall–Kier alpha value is -1.01. The number of aryl methyl sites for hydroxylation is 1. The lowest BCUT2D eigenvalue weighted by Gasteiger charge is -2.14. The van der Waals surface area contributed by atoms with Crippen LogP contribution in [0.1, 0.15) is 5.69 Å². The number of thioether (sulfide) groups is 1. The molecule has 1 rings (SSSR count). The Bertz CT molecular complexity index is 480. The summed E-state index contributed by atoms with van der Waals surface area (Å²) in [5.74, 6) is -0.0187. The molecule has 1 heterocycles. The molecule has 0 aliphatic rings. The third-order valence-electron chi connectivity index (χ3n) is 2.16. The molecule has 0 spiro atoms. The van der Waals surface area contributed by atoms with Gasteiger partial charge >= 0.3 is 0 Å². The Morgan fingerprint density at radius 1 is 1.56 bits per heavy atom. The predicted octanol–water partition coefficient (Wildman–Crippen LogP) is 1.34. The van der Waals surface area contributed by atoms with E-state index >= 15 is 0 Å². The van der Waals surface area contributed by atoms with Crippen LogP contribution in [-0.4, -0.2) is 33.0 Å². The van der Waals surface area contributed by atoms with Crippen molar-refractivity contribution in [3.63, 3.8) is 0 Å². The first-order valence-electron chi connectivity index (χ1n) is 4.63. The van der Waals surface area contributed by atoms with Gasteiger partial charge in [0.05, 0.1) is 0 Å². The first kappa shape index (κ1) is 13.1. The minimum atomic E-state index is -0.230. The van der Waals surface area contributed by atoms with E-state index in [4.69, 9.17) is 12.2 Å². The van der Waals surface area contributed by atoms with Crippen LogP contribution in [0.3, 0.4) is 0 Å². The third kappa shape index (κ3) is 2.56. The average Bonchev–Trinajstić information content (AvgIpc) is 2.20. The summed E-state index contributed by atoms with van der Waals surface area (Å²) >= 11 is 6.19. The number of hydrogen-bond donors (Lipinski definition) is 1. The van der Waals surface area contributed by atoms with Crippen molar-refractivity contribution in [1.29, 1.82) is 0 Å². The maximum absolute atomic E-state index is 11.9. The summed E-state index contributed by atoms with van der Waals surface area (Å²) in [5.41, 5.74) is 0.481. The summed E-state index contributed by atoms with van der Waals surface area (Å²) in [4.78, 5) is 13.9. The Labute approximate surface area is 104 Å². The summed E-state index contributed by atoms with van der Waals surface area (Å²) in [5, 5.41) is 9.71. The molecule has 1 aromatic rings. The summed E-state index contributed by atoms with van der Waals surface area (Å²) in [6.07, 6.45) is 0. The van der Waals surface area contributed by atoms with Crippen LogP contribution >= 0.6 is 24.0 Å². The molecule has 0 aromatic carbocycles. The highest BCUT2D eigenvalue weighted by atomic mass is 32.2. The molecule has 0 unspecified atom stereocenters. The van der Waals surface area contributed by atoms with Gasteiger partial charge in [-0.1, -0.05) is 24.0 Å². The Kier molecular flexibility index (Phi) is 3.98. The van der Waals surface area contributed by atoms with E-state index in [2.05, 4.69) is 0 Å². The number of thiocarbonyl (C=S) groups is 1. The lowest BCUT2D eigenvalue weighted by Crippen LogP contribution is -2.23. The number of aromatic hydroxyl groups is 1. The van der Waals surface area contributed by atoms with Crippen molar-refractivity contribution in [1.82, 2.24) is 9.47 Å². The molecular weight excluding hydrogens is 244 g/mol. The first-order chi connectivity index (χ1) is 7.34. The zero-order valence-electron chi connectivity index (χ0n) is 9.64. The Morgan fingerprint density at radius 2 is 2.12 bits per heavy atom. The van der Waals surface area contributed by atoms with Gasteiger partial charge in [-0.3, -0.25) is 4.79 Å². The van der Waals surface area contributed by atoms with Gasteiger partial charge in [0.1, 0.15) is 15.0 Å². The molecule has 0 aliphatic carbocycles. The highest BCUT2D eigenvalue weighted by Gasteiger charge is 2.14. The van der Waals surface area contributed by atoms with Crippen LogP contribution in [0, 0.1) is 6.92 Å². The topological polar surface area (TPSA) is 45.5 Å². The Morgan fingerprint density at radius 3 is 2.62 bits per heavy atom. The maximum Gasteiger partial charge on any atom is 0.268 e. The summed E-state index contributed by atoms with van der Waals surface area (Å²) in [6.45, 7) is 1.76. The van der Waals surface area contributed by atoms with E-state index in [1.165, 1.54) is 4.57 Å². The Balaban J connectivity index is 3.20. The van der Waals surface area contributed by atoms with Crippen LogP contribution in [-0.2, 0) is 7.05 Å². The second-order valence-electron chi connectivity index (χ2n) is 3.63. The van der Waals surface area contributed by atoms with Crippen molar-refractivity contribution in [3.8, 4) is 5.75 Å². The van der Waals surface area contributed by atoms with Crippen LogP contribution < -0.4 is 5.56 Å². The number of hydrogen-bond acceptors (Lipinski definition) is 4. The molecule has 1 aromatic heterocycles. The van der Waals surface area contributed by atoms with Crippen molar-refractivity contribution in [2.45, 2.75) is 11.8 Å². The van der Waals surface area contributed by atoms with Crippen LogP contribution in [0.25, 0.3) is 0 Å². The van der Waals surface area contributed by atoms with Crippen molar-refractivity contribution in [3.05, 3.63) is 22.1 Å². The number of nitrogens with zero attached hydrogens (tertiary/aromatic N) is 2. The minimum absolute atomic E-state index is 0.0187. The molecule has 88 valence electrons. The van der Waals surface area contributed by atoms with Crippen LogP contribution in [0.15, 0.2) is 15.8 Å². The smallest absolute Gasteiger partial charge is 0.268 e. The van der Waals surface area contributed by atoms with Crippen molar-refractivity contribution in [2.24, 2.45) is 7.05 Å². The van der Waals surface area contributed by atoms with Gasteiger partial charge in [0.2, 0.25) is 0 Å². The van der Waals surface area contributed by atoms with Gasteiger partial charge in [0.25, 0.3) is 5.56 Å². The molecule has 0 saturated heterocycles. The highest BCUT2D eigenvalue weighted by Crippen LogP contribution is 2.26. The molecule has 0 bridgehead atoms. The molecule has 0 amide bonds. The quantitative estimate of drug-likeness (QED) is 0.608. The fourth-order valence-corrected chi connectivity index (χ4v) is 2.05. The number of aromatic nitrogens is 1.